The van der Waals surface area contributed by atoms with Crippen LogP contribution in [0.2, 0.25) is 0 Å². The maximum atomic E-state index is 12.5. The number of carbonyl (C=O) groups excluding carboxylic acids is 1. The highest BCUT2D eigenvalue weighted by atomic mass is 16.3. The lowest BCUT2D eigenvalue weighted by molar-refractivity contribution is 0.0641. The summed E-state index contributed by atoms with van der Waals surface area (Å²) in [4.78, 5) is 12.5. The summed E-state index contributed by atoms with van der Waals surface area (Å²) in [6.07, 6.45) is 10.3. The summed E-state index contributed by atoms with van der Waals surface area (Å²) >= 11 is 0. The van der Waals surface area contributed by atoms with Gasteiger partial charge in [-0.25, -0.2) is 0 Å². The van der Waals surface area contributed by atoms with E-state index in [1.807, 2.05) is 4.68 Å². The van der Waals surface area contributed by atoms with E-state index in [1.54, 1.807) is 6.20 Å². The van der Waals surface area contributed by atoms with Crippen LogP contribution < -0.4 is 5.32 Å². The minimum Gasteiger partial charge on any atom is -0.393 e. The molecule has 2 N–H and O–H groups in total. The van der Waals surface area contributed by atoms with Crippen molar-refractivity contribution < 1.29 is 9.90 Å². The number of rotatable bonds is 7. The fourth-order valence-electron chi connectivity index (χ4n) is 3.91. The quantitative estimate of drug-likeness (QED) is 0.752. The molecule has 2 saturated carbocycles. The lowest BCUT2D eigenvalue weighted by Gasteiger charge is -2.27. The van der Waals surface area contributed by atoms with Crippen molar-refractivity contribution >= 4 is 5.91 Å². The smallest absolute Gasteiger partial charge is 0.254 e. The van der Waals surface area contributed by atoms with Gasteiger partial charge in [-0.2, -0.15) is 5.10 Å². The molecule has 1 amide bonds. The number of aliphatic hydroxyl groups excluding tert-OH is 1. The highest BCUT2D eigenvalue weighted by Crippen LogP contribution is 2.42. The van der Waals surface area contributed by atoms with Crippen molar-refractivity contribution in [2.75, 3.05) is 6.54 Å². The molecule has 0 aliphatic heterocycles. The summed E-state index contributed by atoms with van der Waals surface area (Å²) in [5.41, 5.74) is 1.87. The summed E-state index contributed by atoms with van der Waals surface area (Å²) in [6.45, 7) is 4.89. The van der Waals surface area contributed by atoms with Gasteiger partial charge >= 0.3 is 0 Å². The number of aromatic nitrogens is 2. The Morgan fingerprint density at radius 1 is 1.33 bits per heavy atom. The zero-order valence-electron chi connectivity index (χ0n) is 15.0. The molecule has 2 atom stereocenters. The molecule has 0 saturated heterocycles. The number of carbonyl (C=O) groups is 1. The Bertz CT molecular complexity index is 563. The molecule has 1 aromatic rings. The van der Waals surface area contributed by atoms with Gasteiger partial charge in [0.05, 0.1) is 23.6 Å². The number of nitrogens with one attached hydrogen (secondary N) is 1. The Kier molecular flexibility index (Phi) is 5.59. The molecular formula is C19H31N3O2. The third kappa shape index (κ3) is 4.00. The van der Waals surface area contributed by atoms with Gasteiger partial charge in [0.2, 0.25) is 0 Å². The Morgan fingerprint density at radius 3 is 2.75 bits per heavy atom. The molecular weight excluding hydrogens is 302 g/mol. The molecule has 0 aromatic carbocycles. The maximum Gasteiger partial charge on any atom is 0.254 e. The van der Waals surface area contributed by atoms with Crippen molar-refractivity contribution in [2.45, 2.75) is 83.3 Å². The van der Waals surface area contributed by atoms with Gasteiger partial charge in [-0.05, 0) is 58.3 Å². The first kappa shape index (κ1) is 17.5. The van der Waals surface area contributed by atoms with Crippen LogP contribution in [0.5, 0.6) is 0 Å². The molecule has 2 unspecified atom stereocenters. The van der Waals surface area contributed by atoms with Gasteiger partial charge in [-0.1, -0.05) is 12.8 Å². The van der Waals surface area contributed by atoms with Gasteiger partial charge in [0.25, 0.3) is 5.91 Å². The molecule has 24 heavy (non-hydrogen) atoms. The van der Waals surface area contributed by atoms with Crippen LogP contribution in [0, 0.1) is 5.92 Å². The molecule has 5 heteroatoms. The fraction of sp³-hybridized carbons (Fsp3) is 0.789. The van der Waals surface area contributed by atoms with Gasteiger partial charge in [-0.15, -0.1) is 0 Å². The van der Waals surface area contributed by atoms with E-state index < -0.39 is 0 Å². The van der Waals surface area contributed by atoms with Crippen LogP contribution in [0.25, 0.3) is 0 Å². The molecule has 0 radical (unpaired) electrons. The molecule has 2 fully saturated rings. The van der Waals surface area contributed by atoms with Crippen LogP contribution in [-0.4, -0.2) is 33.4 Å². The maximum absolute atomic E-state index is 12.5. The van der Waals surface area contributed by atoms with E-state index in [0.29, 0.717) is 18.4 Å². The normalized spacial score (nSPS) is 24.3. The van der Waals surface area contributed by atoms with Crippen molar-refractivity contribution in [1.29, 1.82) is 0 Å². The molecule has 0 spiro atoms. The SMILES string of the molecule is CC(C)n1ncc(C(=O)NCCCC2CCCCC2O)c1C1CC1. The molecule has 2 aliphatic rings. The standard InChI is InChI=1S/C19H31N3O2/c1-13(2)22-18(15-9-10-15)16(12-21-22)19(24)20-11-5-7-14-6-3-4-8-17(14)23/h12-15,17,23H,3-11H2,1-2H3,(H,20,24). The van der Waals surface area contributed by atoms with Gasteiger partial charge < -0.3 is 10.4 Å². The van der Waals surface area contributed by atoms with Gasteiger partial charge in [0.15, 0.2) is 0 Å². The van der Waals surface area contributed by atoms with Gasteiger partial charge in [-0.3, -0.25) is 9.48 Å². The monoisotopic (exact) mass is 333 g/mol. The number of hydrogen-bond donors (Lipinski definition) is 2. The fourth-order valence-corrected chi connectivity index (χ4v) is 3.91. The second kappa shape index (κ2) is 7.68. The Hall–Kier alpha value is -1.36. The van der Waals surface area contributed by atoms with Crippen molar-refractivity contribution in [3.63, 3.8) is 0 Å². The zero-order chi connectivity index (χ0) is 17.1. The summed E-state index contributed by atoms with van der Waals surface area (Å²) in [5.74, 6) is 0.933. The average Bonchev–Trinajstić information content (AvgIpc) is 3.30. The molecule has 5 nitrogen and oxygen atoms in total. The average molecular weight is 333 g/mol. The first-order valence-corrected chi connectivity index (χ1v) is 9.61. The topological polar surface area (TPSA) is 67.2 Å². The molecule has 2 aliphatic carbocycles. The van der Waals surface area contributed by atoms with E-state index in [1.165, 1.54) is 6.42 Å². The third-order valence-corrected chi connectivity index (χ3v) is 5.44. The lowest BCUT2D eigenvalue weighted by atomic mass is 9.83. The minimum atomic E-state index is -0.139. The van der Waals surface area contributed by atoms with E-state index in [9.17, 15) is 9.90 Å². The van der Waals surface area contributed by atoms with E-state index in [4.69, 9.17) is 0 Å². The Balaban J connectivity index is 1.50. The molecule has 3 rings (SSSR count). The van der Waals surface area contributed by atoms with Crippen LogP contribution in [0.4, 0.5) is 0 Å². The number of amides is 1. The molecule has 1 aromatic heterocycles. The first-order chi connectivity index (χ1) is 11.6. The summed E-state index contributed by atoms with van der Waals surface area (Å²) in [5, 5.41) is 17.5. The molecule has 0 bridgehead atoms. The van der Waals surface area contributed by atoms with Crippen LogP contribution in [0.1, 0.15) is 93.2 Å². The number of aliphatic hydroxyl groups is 1. The van der Waals surface area contributed by atoms with E-state index in [-0.39, 0.29) is 18.1 Å². The van der Waals surface area contributed by atoms with E-state index >= 15 is 0 Å². The lowest BCUT2D eigenvalue weighted by Crippen LogP contribution is -2.28. The van der Waals surface area contributed by atoms with Crippen molar-refractivity contribution in [3.05, 3.63) is 17.5 Å². The highest BCUT2D eigenvalue weighted by Gasteiger charge is 2.33. The summed E-state index contributed by atoms with van der Waals surface area (Å²) in [7, 11) is 0. The Morgan fingerprint density at radius 2 is 2.08 bits per heavy atom. The van der Waals surface area contributed by atoms with Gasteiger partial charge in [0.1, 0.15) is 0 Å². The number of nitrogens with zero attached hydrogens (tertiary/aromatic N) is 2. The van der Waals surface area contributed by atoms with Crippen molar-refractivity contribution in [1.82, 2.24) is 15.1 Å². The van der Waals surface area contributed by atoms with Crippen molar-refractivity contribution in [2.24, 2.45) is 5.92 Å². The molecule has 1 heterocycles. The summed E-state index contributed by atoms with van der Waals surface area (Å²) < 4.78 is 2.00. The van der Waals surface area contributed by atoms with Crippen LogP contribution in [-0.2, 0) is 0 Å². The van der Waals surface area contributed by atoms with Gasteiger partial charge in [0, 0.05) is 18.5 Å². The molecule has 134 valence electrons. The van der Waals surface area contributed by atoms with Crippen LogP contribution >= 0.6 is 0 Å². The van der Waals surface area contributed by atoms with Crippen molar-refractivity contribution in [3.8, 4) is 0 Å². The third-order valence-electron chi connectivity index (χ3n) is 5.44. The van der Waals surface area contributed by atoms with E-state index in [0.717, 1.165) is 56.2 Å². The number of hydrogen-bond acceptors (Lipinski definition) is 3. The Labute approximate surface area is 144 Å². The van der Waals surface area contributed by atoms with E-state index in [2.05, 4.69) is 24.3 Å². The first-order valence-electron chi connectivity index (χ1n) is 9.61. The largest absolute Gasteiger partial charge is 0.393 e. The predicted octanol–water partition coefficient (Wildman–Crippen LogP) is 3.40. The van der Waals surface area contributed by atoms with Crippen LogP contribution in [0.15, 0.2) is 6.20 Å². The predicted molar refractivity (Wildman–Crippen MR) is 94.1 cm³/mol. The zero-order valence-corrected chi connectivity index (χ0v) is 15.0. The summed E-state index contributed by atoms with van der Waals surface area (Å²) in [6, 6.07) is 0.287. The minimum absolute atomic E-state index is 0.00740. The second-order valence-electron chi connectivity index (χ2n) is 7.77. The van der Waals surface area contributed by atoms with Crippen LogP contribution in [0.3, 0.4) is 0 Å². The second-order valence-corrected chi connectivity index (χ2v) is 7.77. The highest BCUT2D eigenvalue weighted by molar-refractivity contribution is 5.95.